The quantitative estimate of drug-likeness (QED) is 0.679. The molecule has 1 saturated carbocycles. The van der Waals surface area contributed by atoms with Gasteiger partial charge in [0.15, 0.2) is 0 Å². The number of rotatable bonds is 7. The van der Waals surface area contributed by atoms with Crippen molar-refractivity contribution in [1.82, 2.24) is 4.90 Å². The second-order valence-electron chi connectivity index (χ2n) is 7.74. The van der Waals surface area contributed by atoms with Gasteiger partial charge in [0.25, 0.3) is 10.1 Å². The first-order chi connectivity index (χ1) is 12.5. The topological polar surface area (TPSA) is 55.8 Å². The van der Waals surface area contributed by atoms with Crippen molar-refractivity contribution in [3.63, 3.8) is 0 Å². The van der Waals surface area contributed by atoms with Gasteiger partial charge in [-0.2, -0.15) is 8.42 Å². The predicted octanol–water partition coefficient (Wildman–Crippen LogP) is 3.20. The molecule has 146 valence electrons. The van der Waals surface area contributed by atoms with E-state index >= 15 is 0 Å². The minimum absolute atomic E-state index is 0.113. The van der Waals surface area contributed by atoms with Crippen LogP contribution in [0.1, 0.15) is 44.1 Å². The zero-order chi connectivity index (χ0) is 18.4. The van der Waals surface area contributed by atoms with Crippen molar-refractivity contribution >= 4 is 10.1 Å². The number of likely N-dealkylation sites (tertiary alicyclic amines) is 1. The van der Waals surface area contributed by atoms with E-state index in [-0.39, 0.29) is 6.10 Å². The lowest BCUT2D eigenvalue weighted by Crippen LogP contribution is -2.40. The number of piperidine rings is 1. The van der Waals surface area contributed by atoms with E-state index in [0.717, 1.165) is 64.4 Å². The van der Waals surface area contributed by atoms with Gasteiger partial charge in [-0.3, -0.25) is 4.18 Å². The molecule has 0 unspecified atom stereocenters. The van der Waals surface area contributed by atoms with Crippen LogP contribution in [0.15, 0.2) is 30.3 Å². The summed E-state index contributed by atoms with van der Waals surface area (Å²) < 4.78 is 33.7. The molecule has 1 aliphatic heterocycles. The van der Waals surface area contributed by atoms with E-state index in [2.05, 4.69) is 29.2 Å². The van der Waals surface area contributed by atoms with E-state index in [1.54, 1.807) is 0 Å². The lowest BCUT2D eigenvalue weighted by molar-refractivity contribution is -0.00709. The molecule has 3 rings (SSSR count). The van der Waals surface area contributed by atoms with Crippen LogP contribution >= 0.6 is 0 Å². The third kappa shape index (κ3) is 6.65. The maximum Gasteiger partial charge on any atom is 0.264 e. The molecule has 6 heteroatoms. The number of hydrogen-bond acceptors (Lipinski definition) is 5. The van der Waals surface area contributed by atoms with E-state index in [0.29, 0.717) is 18.6 Å². The van der Waals surface area contributed by atoms with Crippen LogP contribution in [0.4, 0.5) is 0 Å². The van der Waals surface area contributed by atoms with E-state index in [9.17, 15) is 8.42 Å². The minimum Gasteiger partial charge on any atom is -0.373 e. The van der Waals surface area contributed by atoms with Gasteiger partial charge in [0, 0.05) is 19.6 Å². The van der Waals surface area contributed by atoms with Gasteiger partial charge >= 0.3 is 0 Å². The van der Waals surface area contributed by atoms with Gasteiger partial charge < -0.3 is 9.64 Å². The molecule has 2 fully saturated rings. The minimum atomic E-state index is -3.32. The molecule has 0 atom stereocenters. The summed E-state index contributed by atoms with van der Waals surface area (Å²) in [5, 5.41) is 0. The van der Waals surface area contributed by atoms with E-state index in [1.165, 1.54) is 5.56 Å². The zero-order valence-electron chi connectivity index (χ0n) is 15.7. The highest BCUT2D eigenvalue weighted by Crippen LogP contribution is 2.28. The summed E-state index contributed by atoms with van der Waals surface area (Å²) in [7, 11) is -3.32. The van der Waals surface area contributed by atoms with Gasteiger partial charge in [0.05, 0.1) is 25.1 Å². The van der Waals surface area contributed by atoms with Crippen LogP contribution in [0.3, 0.4) is 0 Å². The number of nitrogens with zero attached hydrogens (tertiary/aromatic N) is 1. The van der Waals surface area contributed by atoms with Crippen molar-refractivity contribution < 1.29 is 17.3 Å². The Balaban J connectivity index is 1.32. The van der Waals surface area contributed by atoms with Crippen molar-refractivity contribution in [1.29, 1.82) is 0 Å². The average molecular weight is 382 g/mol. The Morgan fingerprint density at radius 1 is 0.962 bits per heavy atom. The highest BCUT2D eigenvalue weighted by Gasteiger charge is 2.27. The van der Waals surface area contributed by atoms with Crippen LogP contribution in [0.5, 0.6) is 0 Å². The molecular formula is C20H31NO4S. The largest absolute Gasteiger partial charge is 0.373 e. The first-order valence-electron chi connectivity index (χ1n) is 9.74. The van der Waals surface area contributed by atoms with Crippen LogP contribution in [-0.2, 0) is 25.6 Å². The first kappa shape index (κ1) is 19.8. The second kappa shape index (κ2) is 9.31. The summed E-state index contributed by atoms with van der Waals surface area (Å²) in [4.78, 5) is 2.55. The maximum absolute atomic E-state index is 11.2. The summed E-state index contributed by atoms with van der Waals surface area (Å²) in [6.45, 7) is 4.02. The van der Waals surface area contributed by atoms with Crippen LogP contribution < -0.4 is 0 Å². The Morgan fingerprint density at radius 3 is 2.23 bits per heavy atom. The standard InChI is InChI=1S/C20H31NO4S/c1-26(22,23)25-20-9-7-17(8-10-20)15-21-13-11-19(12-14-21)24-16-18-5-3-2-4-6-18/h2-6,17,19-20H,7-16H2,1H3. The molecular weight excluding hydrogens is 350 g/mol. The summed E-state index contributed by atoms with van der Waals surface area (Å²) in [6.07, 6.45) is 7.42. The molecule has 0 radical (unpaired) electrons. The van der Waals surface area contributed by atoms with Crippen molar-refractivity contribution in [2.24, 2.45) is 5.92 Å². The molecule has 26 heavy (non-hydrogen) atoms. The Bertz CT molecular complexity index is 633. The van der Waals surface area contributed by atoms with Crippen LogP contribution in [0.2, 0.25) is 0 Å². The van der Waals surface area contributed by atoms with Crippen LogP contribution in [0.25, 0.3) is 0 Å². The maximum atomic E-state index is 11.2. The molecule has 1 saturated heterocycles. The Hall–Kier alpha value is -0.950. The van der Waals surface area contributed by atoms with Crippen LogP contribution in [-0.4, -0.2) is 51.4 Å². The third-order valence-electron chi connectivity index (χ3n) is 5.48. The fraction of sp³-hybridized carbons (Fsp3) is 0.700. The second-order valence-corrected chi connectivity index (χ2v) is 9.34. The Morgan fingerprint density at radius 2 is 1.62 bits per heavy atom. The summed E-state index contributed by atoms with van der Waals surface area (Å²) >= 11 is 0. The number of benzene rings is 1. The van der Waals surface area contributed by atoms with Crippen molar-refractivity contribution in [3.8, 4) is 0 Å². The molecule has 1 aromatic carbocycles. The van der Waals surface area contributed by atoms with Gasteiger partial charge in [-0.25, -0.2) is 0 Å². The molecule has 2 aliphatic rings. The summed E-state index contributed by atoms with van der Waals surface area (Å²) in [6, 6.07) is 10.4. The number of ether oxygens (including phenoxy) is 1. The van der Waals surface area contributed by atoms with Crippen molar-refractivity contribution in [2.45, 2.75) is 57.3 Å². The van der Waals surface area contributed by atoms with E-state index < -0.39 is 10.1 Å². The highest BCUT2D eigenvalue weighted by molar-refractivity contribution is 7.86. The van der Waals surface area contributed by atoms with Crippen molar-refractivity contribution in [3.05, 3.63) is 35.9 Å². The fourth-order valence-electron chi connectivity index (χ4n) is 4.07. The molecule has 1 aliphatic carbocycles. The molecule has 0 bridgehead atoms. The van der Waals surface area contributed by atoms with Gasteiger partial charge in [0.2, 0.25) is 0 Å². The molecule has 5 nitrogen and oxygen atoms in total. The summed E-state index contributed by atoms with van der Waals surface area (Å²) in [5.41, 5.74) is 1.24. The van der Waals surface area contributed by atoms with E-state index in [4.69, 9.17) is 8.92 Å². The summed E-state index contributed by atoms with van der Waals surface area (Å²) in [5.74, 6) is 0.663. The Labute approximate surface area is 157 Å². The smallest absolute Gasteiger partial charge is 0.264 e. The van der Waals surface area contributed by atoms with Gasteiger partial charge in [-0.15, -0.1) is 0 Å². The average Bonchev–Trinajstić information content (AvgIpc) is 2.62. The first-order valence-corrected chi connectivity index (χ1v) is 11.6. The van der Waals surface area contributed by atoms with Gasteiger partial charge in [-0.05, 0) is 50.0 Å². The molecule has 0 amide bonds. The monoisotopic (exact) mass is 381 g/mol. The zero-order valence-corrected chi connectivity index (χ0v) is 16.5. The SMILES string of the molecule is CS(=O)(=O)OC1CCC(CN2CCC(OCc3ccccc3)CC2)CC1. The third-order valence-corrected chi connectivity index (χ3v) is 6.11. The predicted molar refractivity (Wildman–Crippen MR) is 102 cm³/mol. The lowest BCUT2D eigenvalue weighted by atomic mass is 9.87. The lowest BCUT2D eigenvalue weighted by Gasteiger charge is -2.36. The Kier molecular flexibility index (Phi) is 7.09. The van der Waals surface area contributed by atoms with Crippen LogP contribution in [0, 0.1) is 5.92 Å². The molecule has 0 N–H and O–H groups in total. The molecule has 0 aromatic heterocycles. The highest BCUT2D eigenvalue weighted by atomic mass is 32.2. The van der Waals surface area contributed by atoms with Gasteiger partial charge in [0.1, 0.15) is 0 Å². The number of hydrogen-bond donors (Lipinski definition) is 0. The van der Waals surface area contributed by atoms with Crippen molar-refractivity contribution in [2.75, 3.05) is 25.9 Å². The molecule has 1 aromatic rings. The molecule has 1 heterocycles. The van der Waals surface area contributed by atoms with E-state index in [1.807, 2.05) is 6.07 Å². The van der Waals surface area contributed by atoms with Gasteiger partial charge in [-0.1, -0.05) is 30.3 Å². The fourth-order valence-corrected chi connectivity index (χ4v) is 4.76. The normalized spacial score (nSPS) is 26.0. The molecule has 0 spiro atoms.